The normalized spacial score (nSPS) is 10.9. The van der Waals surface area contributed by atoms with Crippen LogP contribution >= 0.6 is 23.3 Å². The van der Waals surface area contributed by atoms with Gasteiger partial charge in [-0.2, -0.15) is 0 Å². The van der Waals surface area contributed by atoms with Gasteiger partial charge in [-0.15, -0.1) is 5.10 Å². The van der Waals surface area contributed by atoms with Gasteiger partial charge in [-0.3, -0.25) is 0 Å². The zero-order valence-corrected chi connectivity index (χ0v) is 13.7. The number of aromatic nitrogens is 4. The van der Waals surface area contributed by atoms with E-state index >= 15 is 0 Å². The molecule has 2 aromatic rings. The monoisotopic (exact) mass is 324 g/mol. The van der Waals surface area contributed by atoms with E-state index in [2.05, 4.69) is 33.4 Å². The molecule has 0 aliphatic heterocycles. The van der Waals surface area contributed by atoms with Gasteiger partial charge in [0.05, 0.1) is 6.61 Å². The van der Waals surface area contributed by atoms with Crippen molar-refractivity contribution in [1.29, 1.82) is 0 Å². The molecule has 0 aliphatic carbocycles. The molecular formula is C13H16N4O2S2. The van der Waals surface area contributed by atoms with Gasteiger partial charge in [-0.1, -0.05) is 30.1 Å². The smallest absolute Gasteiger partial charge is 0.352 e. The molecule has 0 spiro atoms. The number of carbonyl (C=O) groups is 1. The van der Waals surface area contributed by atoms with Gasteiger partial charge in [-0.05, 0) is 30.1 Å². The van der Waals surface area contributed by atoms with Gasteiger partial charge < -0.3 is 4.74 Å². The molecule has 0 atom stereocenters. The van der Waals surface area contributed by atoms with Gasteiger partial charge >= 0.3 is 5.97 Å². The van der Waals surface area contributed by atoms with Crippen molar-refractivity contribution in [3.8, 4) is 11.3 Å². The first-order valence-corrected chi connectivity index (χ1v) is 8.47. The minimum Gasteiger partial charge on any atom is -0.461 e. The predicted octanol–water partition coefficient (Wildman–Crippen LogP) is 2.92. The molecule has 2 heterocycles. The van der Waals surface area contributed by atoms with E-state index in [0.29, 0.717) is 33.8 Å². The molecule has 0 bridgehead atoms. The summed E-state index contributed by atoms with van der Waals surface area (Å²) in [6.07, 6.45) is 6.01. The molecule has 2 aromatic heterocycles. The topological polar surface area (TPSA) is 77.9 Å². The second-order valence-corrected chi connectivity index (χ2v) is 6.26. The van der Waals surface area contributed by atoms with Crippen molar-refractivity contribution in [2.24, 2.45) is 5.92 Å². The quantitative estimate of drug-likeness (QED) is 0.459. The summed E-state index contributed by atoms with van der Waals surface area (Å²) in [6.45, 7) is 4.56. The van der Waals surface area contributed by atoms with Crippen molar-refractivity contribution < 1.29 is 9.53 Å². The van der Waals surface area contributed by atoms with Crippen LogP contribution in [0.1, 0.15) is 29.9 Å². The van der Waals surface area contributed by atoms with Crippen molar-refractivity contribution in [2.75, 3.05) is 12.9 Å². The minimum absolute atomic E-state index is 0.388. The van der Waals surface area contributed by atoms with Crippen molar-refractivity contribution in [3.63, 3.8) is 0 Å². The van der Waals surface area contributed by atoms with E-state index in [9.17, 15) is 4.79 Å². The SMILES string of the molecule is CSc1ncc(-c2nnsc2C(=O)OCCC(C)C)cn1. The summed E-state index contributed by atoms with van der Waals surface area (Å²) in [5.74, 6) is 0.0962. The molecule has 0 saturated carbocycles. The lowest BCUT2D eigenvalue weighted by atomic mass is 10.1. The Bertz CT molecular complexity index is 598. The third-order valence-electron chi connectivity index (χ3n) is 2.69. The van der Waals surface area contributed by atoms with Crippen LogP contribution in [0.15, 0.2) is 17.6 Å². The molecule has 0 aliphatic rings. The maximum atomic E-state index is 12.1. The first kappa shape index (κ1) is 15.8. The molecule has 0 amide bonds. The van der Waals surface area contributed by atoms with Gasteiger partial charge in [0.1, 0.15) is 5.69 Å². The number of thioether (sulfide) groups is 1. The minimum atomic E-state index is -0.394. The average Bonchev–Trinajstić information content (AvgIpc) is 2.96. The Hall–Kier alpha value is -1.54. The molecule has 6 nitrogen and oxygen atoms in total. The average molecular weight is 324 g/mol. The van der Waals surface area contributed by atoms with Crippen LogP contribution in [0.3, 0.4) is 0 Å². The fourth-order valence-corrected chi connectivity index (χ4v) is 2.41. The summed E-state index contributed by atoms with van der Waals surface area (Å²) >= 11 is 2.48. The third kappa shape index (κ3) is 4.21. The van der Waals surface area contributed by atoms with Gasteiger partial charge in [0, 0.05) is 18.0 Å². The van der Waals surface area contributed by atoms with Gasteiger partial charge in [-0.25, -0.2) is 14.8 Å². The molecule has 0 saturated heterocycles. The van der Waals surface area contributed by atoms with Crippen LogP contribution in [0, 0.1) is 5.92 Å². The van der Waals surface area contributed by atoms with Gasteiger partial charge in [0.15, 0.2) is 10.0 Å². The molecule has 2 rings (SSSR count). The number of ether oxygens (including phenoxy) is 1. The standard InChI is InChI=1S/C13H16N4O2S2/c1-8(2)4-5-19-12(18)11-10(16-17-21-11)9-6-14-13(20-3)15-7-9/h6-8H,4-5H2,1-3H3. The highest BCUT2D eigenvalue weighted by Gasteiger charge is 2.19. The molecule has 0 radical (unpaired) electrons. The Morgan fingerprint density at radius 3 is 2.71 bits per heavy atom. The lowest BCUT2D eigenvalue weighted by molar-refractivity contribution is 0.0494. The predicted molar refractivity (Wildman–Crippen MR) is 82.5 cm³/mol. The Morgan fingerprint density at radius 2 is 2.10 bits per heavy atom. The number of esters is 1. The van der Waals surface area contributed by atoms with Crippen molar-refractivity contribution in [2.45, 2.75) is 25.4 Å². The fourth-order valence-electron chi connectivity index (χ4n) is 1.51. The summed E-state index contributed by atoms with van der Waals surface area (Å²) in [5, 5.41) is 4.66. The lowest BCUT2D eigenvalue weighted by Crippen LogP contribution is -2.08. The van der Waals surface area contributed by atoms with Crippen LogP contribution in [0.2, 0.25) is 0 Å². The Morgan fingerprint density at radius 1 is 1.38 bits per heavy atom. The van der Waals surface area contributed by atoms with Gasteiger partial charge in [0.25, 0.3) is 0 Å². The van der Waals surface area contributed by atoms with Crippen LogP contribution < -0.4 is 0 Å². The summed E-state index contributed by atoms with van der Waals surface area (Å²) in [4.78, 5) is 20.8. The molecule has 0 N–H and O–H groups in total. The van der Waals surface area contributed by atoms with E-state index in [1.54, 1.807) is 12.4 Å². The van der Waals surface area contributed by atoms with E-state index in [-0.39, 0.29) is 0 Å². The zero-order valence-electron chi connectivity index (χ0n) is 12.1. The van der Waals surface area contributed by atoms with Crippen LogP contribution in [-0.4, -0.2) is 38.4 Å². The summed E-state index contributed by atoms with van der Waals surface area (Å²) in [7, 11) is 0. The largest absolute Gasteiger partial charge is 0.461 e. The zero-order chi connectivity index (χ0) is 15.2. The van der Waals surface area contributed by atoms with Crippen molar-refractivity contribution in [1.82, 2.24) is 19.6 Å². The molecule has 8 heteroatoms. The van der Waals surface area contributed by atoms with E-state index in [1.165, 1.54) is 11.8 Å². The third-order valence-corrected chi connectivity index (χ3v) is 3.97. The first-order valence-electron chi connectivity index (χ1n) is 6.47. The molecule has 21 heavy (non-hydrogen) atoms. The van der Waals surface area contributed by atoms with E-state index < -0.39 is 5.97 Å². The van der Waals surface area contributed by atoms with E-state index in [1.807, 2.05) is 6.26 Å². The Balaban J connectivity index is 2.11. The van der Waals surface area contributed by atoms with Crippen LogP contribution in [0.4, 0.5) is 0 Å². The Labute approximate surface area is 131 Å². The molecule has 0 unspecified atom stereocenters. The summed E-state index contributed by atoms with van der Waals surface area (Å²) in [5.41, 5.74) is 1.14. The maximum absolute atomic E-state index is 12.1. The lowest BCUT2D eigenvalue weighted by Gasteiger charge is -2.06. The number of hydrogen-bond acceptors (Lipinski definition) is 8. The number of carbonyl (C=O) groups excluding carboxylic acids is 1. The number of hydrogen-bond donors (Lipinski definition) is 0. The molecule has 112 valence electrons. The molecular weight excluding hydrogens is 308 g/mol. The van der Waals surface area contributed by atoms with Gasteiger partial charge in [0.2, 0.25) is 0 Å². The van der Waals surface area contributed by atoms with E-state index in [4.69, 9.17) is 4.74 Å². The van der Waals surface area contributed by atoms with Crippen molar-refractivity contribution in [3.05, 3.63) is 17.3 Å². The Kier molecular flexibility index (Phi) is 5.63. The molecule has 0 aromatic carbocycles. The number of nitrogens with zero attached hydrogens (tertiary/aromatic N) is 4. The first-order chi connectivity index (χ1) is 10.1. The second-order valence-electron chi connectivity index (χ2n) is 4.73. The maximum Gasteiger partial charge on any atom is 0.352 e. The highest BCUT2D eigenvalue weighted by molar-refractivity contribution is 7.98. The van der Waals surface area contributed by atoms with E-state index in [0.717, 1.165) is 18.0 Å². The molecule has 0 fully saturated rings. The van der Waals surface area contributed by atoms with Crippen molar-refractivity contribution >= 4 is 29.3 Å². The van der Waals surface area contributed by atoms with Crippen LogP contribution in [-0.2, 0) is 4.74 Å². The fraction of sp³-hybridized carbons (Fsp3) is 0.462. The summed E-state index contributed by atoms with van der Waals surface area (Å²) < 4.78 is 9.09. The number of rotatable bonds is 6. The summed E-state index contributed by atoms with van der Waals surface area (Å²) in [6, 6.07) is 0. The van der Waals surface area contributed by atoms with Crippen LogP contribution in [0.25, 0.3) is 11.3 Å². The highest BCUT2D eigenvalue weighted by atomic mass is 32.2. The second kappa shape index (κ2) is 7.46. The highest BCUT2D eigenvalue weighted by Crippen LogP contribution is 2.24. The van der Waals surface area contributed by atoms with Crippen LogP contribution in [0.5, 0.6) is 0 Å².